The summed E-state index contributed by atoms with van der Waals surface area (Å²) in [6.07, 6.45) is 3.14. The zero-order valence-corrected chi connectivity index (χ0v) is 14.6. The van der Waals surface area contributed by atoms with Crippen LogP contribution in [0.2, 0.25) is 0 Å². The van der Waals surface area contributed by atoms with Gasteiger partial charge in [0.1, 0.15) is 5.82 Å². The smallest absolute Gasteiger partial charge is 0.273 e. The quantitative estimate of drug-likeness (QED) is 0.631. The topological polar surface area (TPSA) is 121 Å². The summed E-state index contributed by atoms with van der Waals surface area (Å²) < 4.78 is 0. The number of anilines is 2. The van der Waals surface area contributed by atoms with Gasteiger partial charge in [0.2, 0.25) is 11.9 Å². The third kappa shape index (κ3) is 3.16. The van der Waals surface area contributed by atoms with E-state index in [1.54, 1.807) is 18.2 Å². The van der Waals surface area contributed by atoms with Crippen molar-refractivity contribution in [2.45, 2.75) is 31.6 Å². The number of hydrogen-bond acceptors (Lipinski definition) is 6. The summed E-state index contributed by atoms with van der Waals surface area (Å²) in [6.45, 7) is 1.59. The predicted molar refractivity (Wildman–Crippen MR) is 99.1 cm³/mol. The average molecular weight is 369 g/mol. The lowest BCUT2D eigenvalue weighted by Gasteiger charge is -2.29. The van der Waals surface area contributed by atoms with Crippen molar-refractivity contribution in [3.63, 3.8) is 0 Å². The monoisotopic (exact) mass is 369 g/mol. The van der Waals surface area contributed by atoms with Crippen LogP contribution in [0.5, 0.6) is 0 Å². The lowest BCUT2D eigenvalue weighted by molar-refractivity contribution is -0.385. The highest BCUT2D eigenvalue weighted by Gasteiger charge is 2.35. The van der Waals surface area contributed by atoms with Crippen molar-refractivity contribution in [2.75, 3.05) is 23.3 Å². The Morgan fingerprint density at radius 2 is 1.89 bits per heavy atom. The molecule has 0 aliphatic carbocycles. The van der Waals surface area contributed by atoms with Crippen molar-refractivity contribution in [2.24, 2.45) is 0 Å². The van der Waals surface area contributed by atoms with Crippen LogP contribution in [0.4, 0.5) is 17.5 Å². The molecule has 0 bridgehead atoms. The minimum Gasteiger partial charge on any atom is -0.342 e. The number of piperidine rings is 1. The average Bonchev–Trinajstić information content (AvgIpc) is 2.67. The van der Waals surface area contributed by atoms with Crippen molar-refractivity contribution >= 4 is 23.4 Å². The van der Waals surface area contributed by atoms with Crippen LogP contribution in [0.15, 0.2) is 29.1 Å². The molecule has 3 heterocycles. The zero-order valence-electron chi connectivity index (χ0n) is 14.6. The lowest BCUT2D eigenvalue weighted by atomic mass is 9.86. The molecule has 9 nitrogen and oxygen atoms in total. The van der Waals surface area contributed by atoms with Crippen LogP contribution in [0.25, 0.3) is 0 Å². The minimum absolute atomic E-state index is 0.0360. The number of carbonyl (C=O) groups is 1. The Morgan fingerprint density at radius 1 is 1.15 bits per heavy atom. The predicted octanol–water partition coefficient (Wildman–Crippen LogP) is 2.14. The summed E-state index contributed by atoms with van der Waals surface area (Å²) in [5, 5.41) is 14.1. The van der Waals surface area contributed by atoms with Crippen LogP contribution in [0, 0.1) is 10.1 Å². The molecule has 140 valence electrons. The maximum Gasteiger partial charge on any atom is 0.273 e. The molecule has 0 saturated carbocycles. The number of aromatic nitrogens is 2. The zero-order chi connectivity index (χ0) is 19.0. The van der Waals surface area contributed by atoms with E-state index in [1.807, 2.05) is 4.90 Å². The van der Waals surface area contributed by atoms with E-state index in [9.17, 15) is 19.7 Å². The van der Waals surface area contributed by atoms with E-state index in [1.165, 1.54) is 6.07 Å². The standard InChI is InChI=1S/C18H19N5O4/c24-14-10-12(11-6-2-3-7-13(11)23(26)27)15-16(19-14)20-18(21-17(15)25)22-8-4-1-5-9-22/h2-3,6-7,12H,1,4-5,8-10H2,(H2,19,20,21,24,25)/t12-/m1/s1. The number of rotatable bonds is 3. The van der Waals surface area contributed by atoms with Crippen molar-refractivity contribution in [3.8, 4) is 0 Å². The summed E-state index contributed by atoms with van der Waals surface area (Å²) in [5.74, 6) is -0.393. The first-order chi connectivity index (χ1) is 13.0. The van der Waals surface area contributed by atoms with E-state index in [2.05, 4.69) is 15.3 Å². The summed E-state index contributed by atoms with van der Waals surface area (Å²) in [5.41, 5.74) is 0.132. The van der Waals surface area contributed by atoms with Gasteiger partial charge < -0.3 is 10.2 Å². The van der Waals surface area contributed by atoms with Crippen LogP contribution in [-0.4, -0.2) is 33.9 Å². The molecule has 0 spiro atoms. The third-order valence-electron chi connectivity index (χ3n) is 5.10. The second-order valence-corrected chi connectivity index (χ2v) is 6.82. The second kappa shape index (κ2) is 6.82. The largest absolute Gasteiger partial charge is 0.342 e. The molecule has 1 fully saturated rings. The van der Waals surface area contributed by atoms with Crippen molar-refractivity contribution in [1.82, 2.24) is 9.97 Å². The molecule has 1 aromatic heterocycles. The first-order valence-corrected chi connectivity index (χ1v) is 8.97. The third-order valence-corrected chi connectivity index (χ3v) is 5.10. The Balaban J connectivity index is 1.82. The Morgan fingerprint density at radius 3 is 2.63 bits per heavy atom. The highest BCUT2D eigenvalue weighted by Crippen LogP contribution is 2.38. The van der Waals surface area contributed by atoms with Crippen LogP contribution in [-0.2, 0) is 4.79 Å². The summed E-state index contributed by atoms with van der Waals surface area (Å²) >= 11 is 0. The van der Waals surface area contributed by atoms with Gasteiger partial charge in [0.15, 0.2) is 0 Å². The Labute approximate surface area is 154 Å². The van der Waals surface area contributed by atoms with E-state index in [0.717, 1.165) is 32.4 Å². The maximum absolute atomic E-state index is 12.9. The van der Waals surface area contributed by atoms with E-state index in [0.29, 0.717) is 11.5 Å². The molecule has 27 heavy (non-hydrogen) atoms. The summed E-state index contributed by atoms with van der Waals surface area (Å²) in [6, 6.07) is 6.19. The Hall–Kier alpha value is -3.23. The molecular weight excluding hydrogens is 350 g/mol. The molecule has 2 aliphatic heterocycles. The number of H-pyrrole nitrogens is 1. The van der Waals surface area contributed by atoms with E-state index < -0.39 is 10.8 Å². The van der Waals surface area contributed by atoms with Crippen molar-refractivity contribution < 1.29 is 9.72 Å². The van der Waals surface area contributed by atoms with Gasteiger partial charge in [0.25, 0.3) is 11.2 Å². The molecule has 1 saturated heterocycles. The lowest BCUT2D eigenvalue weighted by Crippen LogP contribution is -2.36. The van der Waals surface area contributed by atoms with Crippen LogP contribution >= 0.6 is 0 Å². The number of nitro groups is 1. The molecule has 1 amide bonds. The highest BCUT2D eigenvalue weighted by molar-refractivity contribution is 5.94. The van der Waals surface area contributed by atoms with Gasteiger partial charge in [0, 0.05) is 37.1 Å². The van der Waals surface area contributed by atoms with Crippen molar-refractivity contribution in [1.29, 1.82) is 0 Å². The SMILES string of the molecule is O=C1C[C@H](c2ccccc2[N+](=O)[O-])c2c(nc(N3CCCCC3)[nH]c2=O)N1. The first kappa shape index (κ1) is 17.2. The van der Waals surface area contributed by atoms with Crippen LogP contribution in [0.3, 0.4) is 0 Å². The molecule has 4 rings (SSSR count). The molecule has 1 aromatic carbocycles. The molecule has 1 atom stereocenters. The Kier molecular flexibility index (Phi) is 4.35. The van der Waals surface area contributed by atoms with Crippen molar-refractivity contribution in [3.05, 3.63) is 55.9 Å². The molecular formula is C18H19N5O4. The fraction of sp³-hybridized carbons (Fsp3) is 0.389. The summed E-state index contributed by atoms with van der Waals surface area (Å²) in [7, 11) is 0. The van der Waals surface area contributed by atoms with Gasteiger partial charge in [-0.05, 0) is 19.3 Å². The normalized spacial score (nSPS) is 19.3. The molecule has 2 aliphatic rings. The number of benzene rings is 1. The Bertz CT molecular complexity index is 964. The number of hydrogen-bond donors (Lipinski definition) is 2. The number of aromatic amines is 1. The van der Waals surface area contributed by atoms with Gasteiger partial charge in [-0.2, -0.15) is 4.98 Å². The number of para-hydroxylation sites is 1. The number of amides is 1. The van der Waals surface area contributed by atoms with Gasteiger partial charge in [-0.1, -0.05) is 18.2 Å². The van der Waals surface area contributed by atoms with E-state index >= 15 is 0 Å². The molecule has 0 unspecified atom stereocenters. The maximum atomic E-state index is 12.9. The van der Waals surface area contributed by atoms with Gasteiger partial charge in [-0.3, -0.25) is 24.7 Å². The molecule has 9 heteroatoms. The van der Waals surface area contributed by atoms with Gasteiger partial charge in [0.05, 0.1) is 10.5 Å². The van der Waals surface area contributed by atoms with Gasteiger partial charge in [-0.15, -0.1) is 0 Å². The van der Waals surface area contributed by atoms with E-state index in [-0.39, 0.29) is 35.0 Å². The van der Waals surface area contributed by atoms with Crippen LogP contribution in [0.1, 0.15) is 42.7 Å². The fourth-order valence-corrected chi connectivity index (χ4v) is 3.83. The number of nitrogens with one attached hydrogen (secondary N) is 2. The molecule has 2 N–H and O–H groups in total. The number of carbonyl (C=O) groups excluding carboxylic acids is 1. The van der Waals surface area contributed by atoms with Gasteiger partial charge >= 0.3 is 0 Å². The number of nitrogens with zero attached hydrogens (tertiary/aromatic N) is 3. The minimum atomic E-state index is -0.706. The highest BCUT2D eigenvalue weighted by atomic mass is 16.6. The first-order valence-electron chi connectivity index (χ1n) is 8.97. The molecule has 0 radical (unpaired) electrons. The number of nitro benzene ring substituents is 1. The van der Waals surface area contributed by atoms with E-state index in [4.69, 9.17) is 0 Å². The van der Waals surface area contributed by atoms with Gasteiger partial charge in [-0.25, -0.2) is 0 Å². The number of fused-ring (bicyclic) bond motifs is 1. The van der Waals surface area contributed by atoms with Crippen LogP contribution < -0.4 is 15.8 Å². The second-order valence-electron chi connectivity index (χ2n) is 6.82. The fourth-order valence-electron chi connectivity index (χ4n) is 3.83. The molecule has 2 aromatic rings. The summed E-state index contributed by atoms with van der Waals surface area (Å²) in [4.78, 5) is 45.3.